The van der Waals surface area contributed by atoms with E-state index in [0.29, 0.717) is 0 Å². The summed E-state index contributed by atoms with van der Waals surface area (Å²) in [5, 5.41) is -0.0995. The van der Waals surface area contributed by atoms with Crippen LogP contribution in [0.5, 0.6) is 0 Å². The first kappa shape index (κ1) is 7.89. The van der Waals surface area contributed by atoms with Crippen LogP contribution in [-0.2, 0) is 4.57 Å². The summed E-state index contributed by atoms with van der Waals surface area (Å²) < 4.78 is 9.97. The maximum atomic E-state index is 9.97. The monoisotopic (exact) mass is 134 g/mol. The van der Waals surface area contributed by atoms with Gasteiger partial charge in [0, 0.05) is 0 Å². The van der Waals surface area contributed by atoms with Crippen molar-refractivity contribution in [1.82, 2.24) is 0 Å². The first-order valence-electron chi connectivity index (χ1n) is 2.14. The summed E-state index contributed by atoms with van der Waals surface area (Å²) in [6.45, 7) is 2.79. The molecule has 0 aliphatic heterocycles. The molecule has 4 heteroatoms. The van der Waals surface area contributed by atoms with Crippen molar-refractivity contribution in [2.45, 2.75) is 13.8 Å². The van der Waals surface area contributed by atoms with Crippen LogP contribution in [0.3, 0.4) is 0 Å². The molecule has 0 heterocycles. The summed E-state index contributed by atoms with van der Waals surface area (Å²) >= 11 is 0. The largest absolute Gasteiger partial charge is 0.808 e. The Morgan fingerprint density at radius 1 is 1.62 bits per heavy atom. The lowest BCUT2D eigenvalue weighted by Crippen LogP contribution is -2.13. The van der Waals surface area contributed by atoms with Crippen LogP contribution in [0.25, 0.3) is 0 Å². The van der Waals surface area contributed by atoms with Gasteiger partial charge in [0.05, 0.1) is 0 Å². The highest BCUT2D eigenvalue weighted by Crippen LogP contribution is 2.34. The van der Waals surface area contributed by atoms with E-state index in [1.54, 1.807) is 0 Å². The Morgan fingerprint density at radius 2 is 2.00 bits per heavy atom. The van der Waals surface area contributed by atoms with Crippen molar-refractivity contribution in [3.05, 3.63) is 11.4 Å². The zero-order valence-electron chi connectivity index (χ0n) is 4.75. The Balaban J connectivity index is 4.27. The van der Waals surface area contributed by atoms with Crippen molar-refractivity contribution >= 4 is 7.60 Å². The van der Waals surface area contributed by atoms with Crippen molar-refractivity contribution in [3.63, 3.8) is 0 Å². The Kier molecular flexibility index (Phi) is 2.41. The molecular weight excluding hydrogens is 127 g/mol. The lowest BCUT2D eigenvalue weighted by Gasteiger charge is -2.30. The molecule has 0 atom stereocenters. The molecule has 0 N–H and O–H groups in total. The Bertz CT molecular complexity index is 143. The van der Waals surface area contributed by atoms with Crippen LogP contribution in [0.15, 0.2) is 11.4 Å². The maximum Gasteiger partial charge on any atom is -0.0390 e. The summed E-state index contributed by atoms with van der Waals surface area (Å²) in [6.07, 6.45) is 1.28. The normalized spacial score (nSPS) is 14.2. The first-order valence-corrected chi connectivity index (χ1v) is 3.68. The van der Waals surface area contributed by atoms with E-state index in [2.05, 4.69) is 0 Å². The minimum atomic E-state index is -4.40. The highest BCUT2D eigenvalue weighted by molar-refractivity contribution is 7.53. The van der Waals surface area contributed by atoms with E-state index >= 15 is 0 Å². The highest BCUT2D eigenvalue weighted by Gasteiger charge is 1.88. The minimum Gasteiger partial charge on any atom is -0.808 e. The van der Waals surface area contributed by atoms with Crippen LogP contribution >= 0.6 is 7.60 Å². The van der Waals surface area contributed by atoms with E-state index in [0.717, 1.165) is 0 Å². The molecule has 48 valence electrons. The van der Waals surface area contributed by atoms with Crippen LogP contribution in [0.2, 0.25) is 0 Å². The Hall–Kier alpha value is -0.110. The topological polar surface area (TPSA) is 63.2 Å². The zero-order chi connectivity index (χ0) is 6.78. The van der Waals surface area contributed by atoms with Crippen LogP contribution in [0.1, 0.15) is 13.8 Å². The fourth-order valence-electron chi connectivity index (χ4n) is 0.158. The quantitative estimate of drug-likeness (QED) is 0.467. The average Bonchev–Trinajstić information content (AvgIpc) is 1.62. The third-order valence-electron chi connectivity index (χ3n) is 0.850. The molecule has 0 fully saturated rings. The Labute approximate surface area is 48.2 Å². The van der Waals surface area contributed by atoms with Gasteiger partial charge < -0.3 is 14.4 Å². The van der Waals surface area contributed by atoms with E-state index in [9.17, 15) is 14.4 Å². The lowest BCUT2D eigenvalue weighted by molar-refractivity contribution is -0.310. The molecule has 0 saturated carbocycles. The van der Waals surface area contributed by atoms with Gasteiger partial charge in [-0.25, -0.2) is 0 Å². The Morgan fingerprint density at radius 3 is 2.00 bits per heavy atom. The van der Waals surface area contributed by atoms with Gasteiger partial charge in [-0.05, 0) is 26.8 Å². The van der Waals surface area contributed by atoms with Gasteiger partial charge in [-0.2, -0.15) is 0 Å². The van der Waals surface area contributed by atoms with E-state index in [4.69, 9.17) is 0 Å². The number of hydrogen-bond acceptors (Lipinski definition) is 3. The van der Waals surface area contributed by atoms with Crippen molar-refractivity contribution in [2.75, 3.05) is 0 Å². The molecule has 3 nitrogen and oxygen atoms in total. The SMILES string of the molecule is C/C=C(\C)P(=O)([O-])[O-]. The average molecular weight is 134 g/mol. The molecule has 8 heavy (non-hydrogen) atoms. The predicted molar refractivity (Wildman–Crippen MR) is 27.0 cm³/mol. The van der Waals surface area contributed by atoms with Gasteiger partial charge in [0.15, 0.2) is 0 Å². The standard InChI is InChI=1S/C4H9O3P/c1-3-4(2)8(5,6)7/h3H,1-2H3,(H2,5,6,7)/p-2/b4-3+. The molecule has 0 amide bonds. The summed E-state index contributed by atoms with van der Waals surface area (Å²) in [6, 6.07) is 0. The lowest BCUT2D eigenvalue weighted by atomic mass is 10.6. The number of hydrogen-bond donors (Lipinski definition) is 0. The number of allylic oxidation sites excluding steroid dienone is 2. The molecule has 0 saturated heterocycles. The molecule has 0 aliphatic carbocycles. The summed E-state index contributed by atoms with van der Waals surface area (Å²) in [7, 11) is -4.40. The van der Waals surface area contributed by atoms with Gasteiger partial charge in [-0.3, -0.25) is 0 Å². The minimum absolute atomic E-state index is 0.0995. The summed E-state index contributed by atoms with van der Waals surface area (Å²) in [5.74, 6) is 0. The van der Waals surface area contributed by atoms with E-state index < -0.39 is 7.60 Å². The molecule has 0 aliphatic rings. The summed E-state index contributed by atoms with van der Waals surface area (Å²) in [5.41, 5.74) is 0. The van der Waals surface area contributed by atoms with Crippen molar-refractivity contribution in [2.24, 2.45) is 0 Å². The molecular formula is C4H7O3P-2. The molecule has 0 bridgehead atoms. The smallest absolute Gasteiger partial charge is 0.0390 e. The van der Waals surface area contributed by atoms with Crippen molar-refractivity contribution in [1.29, 1.82) is 0 Å². The van der Waals surface area contributed by atoms with Crippen molar-refractivity contribution in [3.8, 4) is 0 Å². The third-order valence-corrected chi connectivity index (χ3v) is 1.97. The van der Waals surface area contributed by atoms with Crippen LogP contribution in [0.4, 0.5) is 0 Å². The van der Waals surface area contributed by atoms with Gasteiger partial charge in [0.25, 0.3) is 0 Å². The summed E-state index contributed by atoms with van der Waals surface area (Å²) in [4.78, 5) is 19.9. The molecule has 0 radical (unpaired) electrons. The molecule has 0 aromatic heterocycles. The fraction of sp³-hybridized carbons (Fsp3) is 0.500. The van der Waals surface area contributed by atoms with Crippen LogP contribution < -0.4 is 9.79 Å². The van der Waals surface area contributed by atoms with Gasteiger partial charge >= 0.3 is 0 Å². The van der Waals surface area contributed by atoms with Gasteiger partial charge in [-0.15, -0.1) is 0 Å². The maximum absolute atomic E-state index is 9.97. The van der Waals surface area contributed by atoms with Crippen LogP contribution in [-0.4, -0.2) is 0 Å². The molecule has 0 aromatic rings. The second kappa shape index (κ2) is 2.44. The number of rotatable bonds is 1. The van der Waals surface area contributed by atoms with E-state index in [1.807, 2.05) is 0 Å². The molecule has 0 spiro atoms. The molecule has 0 unspecified atom stereocenters. The second-order valence-corrected chi connectivity index (χ2v) is 3.13. The highest BCUT2D eigenvalue weighted by atomic mass is 31.2. The van der Waals surface area contributed by atoms with Gasteiger partial charge in [0.2, 0.25) is 0 Å². The van der Waals surface area contributed by atoms with E-state index in [1.165, 1.54) is 19.9 Å². The fourth-order valence-corrected chi connectivity index (χ4v) is 0.474. The molecule has 0 aromatic carbocycles. The van der Waals surface area contributed by atoms with Gasteiger partial charge in [-0.1, -0.05) is 6.08 Å². The third kappa shape index (κ3) is 2.26. The predicted octanol–water partition coefficient (Wildman–Crippen LogP) is -0.176. The van der Waals surface area contributed by atoms with E-state index in [-0.39, 0.29) is 5.31 Å². The second-order valence-electron chi connectivity index (χ2n) is 1.43. The first-order chi connectivity index (χ1) is 3.48. The van der Waals surface area contributed by atoms with Crippen molar-refractivity contribution < 1.29 is 14.4 Å². The van der Waals surface area contributed by atoms with Crippen LogP contribution in [0, 0.1) is 0 Å². The zero-order valence-corrected chi connectivity index (χ0v) is 5.64. The molecule has 0 rings (SSSR count). The van der Waals surface area contributed by atoms with Gasteiger partial charge in [0.1, 0.15) is 0 Å².